The molecule has 0 aliphatic carbocycles. The Balaban J connectivity index is 1.63. The summed E-state index contributed by atoms with van der Waals surface area (Å²) in [5, 5.41) is 6.34. The summed E-state index contributed by atoms with van der Waals surface area (Å²) in [5.74, 6) is 1.21. The van der Waals surface area contributed by atoms with E-state index in [9.17, 15) is 9.59 Å². The molecule has 0 saturated carbocycles. The monoisotopic (exact) mass is 534 g/mol. The molecule has 1 fully saturated rings. The predicted octanol–water partition coefficient (Wildman–Crippen LogP) is 3.97. The quantitative estimate of drug-likeness (QED) is 0.424. The molecule has 0 bridgehead atoms. The number of methoxy groups -OCH3 is 1. The molecule has 1 saturated heterocycles. The predicted molar refractivity (Wildman–Crippen MR) is 154 cm³/mol. The number of piperidine rings is 1. The highest BCUT2D eigenvalue weighted by molar-refractivity contribution is 5.95. The number of hydrogen-bond acceptors (Lipinski definition) is 8. The van der Waals surface area contributed by atoms with Crippen LogP contribution in [0.1, 0.15) is 49.5 Å². The Morgan fingerprint density at radius 2 is 1.97 bits per heavy atom. The zero-order valence-corrected chi connectivity index (χ0v) is 23.6. The highest BCUT2D eigenvalue weighted by Crippen LogP contribution is 2.30. The second-order valence-corrected chi connectivity index (χ2v) is 10.3. The number of carbonyl (C=O) groups excluding carboxylic acids is 1. The van der Waals surface area contributed by atoms with Gasteiger partial charge in [0.05, 0.1) is 36.7 Å². The van der Waals surface area contributed by atoms with Crippen molar-refractivity contribution in [3.63, 3.8) is 0 Å². The van der Waals surface area contributed by atoms with Gasteiger partial charge in [-0.05, 0) is 64.0 Å². The Morgan fingerprint density at radius 1 is 1.23 bits per heavy atom. The number of fused-ring (bicyclic) bond motifs is 1. The van der Waals surface area contributed by atoms with Gasteiger partial charge in [-0.15, -0.1) is 0 Å². The molecule has 10 heteroatoms. The van der Waals surface area contributed by atoms with Crippen molar-refractivity contribution in [1.82, 2.24) is 24.8 Å². The molecule has 1 amide bonds. The topological polar surface area (TPSA) is 111 Å². The number of carbonyl (C=O) groups is 1. The second-order valence-electron chi connectivity index (χ2n) is 10.3. The van der Waals surface area contributed by atoms with Gasteiger partial charge in [-0.2, -0.15) is 0 Å². The molecule has 3 heterocycles. The van der Waals surface area contributed by atoms with Crippen LogP contribution in [0.5, 0.6) is 11.5 Å². The van der Waals surface area contributed by atoms with Crippen molar-refractivity contribution < 1.29 is 14.3 Å². The number of hydrogen-bond donors (Lipinski definition) is 2. The Hall–Kier alpha value is -3.92. The number of rotatable bonds is 9. The van der Waals surface area contributed by atoms with Crippen LogP contribution >= 0.6 is 0 Å². The van der Waals surface area contributed by atoms with E-state index >= 15 is 0 Å². The minimum Gasteiger partial charge on any atom is -0.495 e. The first-order valence-corrected chi connectivity index (χ1v) is 13.3. The van der Waals surface area contributed by atoms with E-state index in [2.05, 4.69) is 27.6 Å². The molecule has 2 N–H and O–H groups in total. The van der Waals surface area contributed by atoms with Crippen LogP contribution < -0.4 is 25.7 Å². The maximum absolute atomic E-state index is 13.1. The third-order valence-electron chi connectivity index (χ3n) is 6.79. The zero-order chi connectivity index (χ0) is 28.1. The molecule has 1 aliphatic heterocycles. The van der Waals surface area contributed by atoms with E-state index in [1.54, 1.807) is 38.6 Å². The highest BCUT2D eigenvalue weighted by atomic mass is 16.5. The van der Waals surface area contributed by atoms with Crippen molar-refractivity contribution in [2.24, 2.45) is 13.0 Å². The number of pyridine rings is 1. The Labute approximate surface area is 229 Å². The summed E-state index contributed by atoms with van der Waals surface area (Å²) in [4.78, 5) is 37.4. The average molecular weight is 535 g/mol. The van der Waals surface area contributed by atoms with Crippen molar-refractivity contribution in [3.05, 3.63) is 52.0 Å². The summed E-state index contributed by atoms with van der Waals surface area (Å²) in [6, 6.07) is 5.41. The Bertz CT molecular complexity index is 1420. The number of nitrogens with one attached hydrogen (secondary N) is 2. The molecule has 2 aromatic heterocycles. The van der Waals surface area contributed by atoms with Gasteiger partial charge >= 0.3 is 0 Å². The molecule has 0 radical (unpaired) electrons. The van der Waals surface area contributed by atoms with Crippen molar-refractivity contribution in [3.8, 4) is 11.5 Å². The van der Waals surface area contributed by atoms with Crippen LogP contribution in [0.15, 0.2) is 35.3 Å². The highest BCUT2D eigenvalue weighted by Gasteiger charge is 2.21. The number of anilines is 2. The lowest BCUT2D eigenvalue weighted by Gasteiger charge is -2.29. The maximum atomic E-state index is 13.1. The summed E-state index contributed by atoms with van der Waals surface area (Å²) in [5.41, 5.74) is 2.67. The lowest BCUT2D eigenvalue weighted by Crippen LogP contribution is -2.43. The zero-order valence-electron chi connectivity index (χ0n) is 23.6. The van der Waals surface area contributed by atoms with Crippen LogP contribution in [0.4, 0.5) is 11.6 Å². The SMILES string of the molecule is CC=Cc1c(OCC(C)C)c(=O)n(C)c2cnc(Nc3ccc(C(=O)NC4CCN(C)CC4)cc3OC)nc12. The van der Waals surface area contributed by atoms with Crippen LogP contribution in [-0.4, -0.2) is 65.2 Å². The minimum atomic E-state index is -0.239. The Kier molecular flexibility index (Phi) is 8.86. The van der Waals surface area contributed by atoms with E-state index in [4.69, 9.17) is 14.5 Å². The molecular weight excluding hydrogens is 496 g/mol. The molecule has 0 unspecified atom stereocenters. The molecule has 4 rings (SSSR count). The summed E-state index contributed by atoms with van der Waals surface area (Å²) in [6.45, 7) is 8.29. The summed E-state index contributed by atoms with van der Waals surface area (Å²) >= 11 is 0. The molecule has 10 nitrogen and oxygen atoms in total. The lowest BCUT2D eigenvalue weighted by molar-refractivity contribution is 0.0916. The van der Waals surface area contributed by atoms with E-state index in [-0.39, 0.29) is 29.2 Å². The smallest absolute Gasteiger partial charge is 0.293 e. The van der Waals surface area contributed by atoms with Gasteiger partial charge in [0.2, 0.25) is 5.95 Å². The van der Waals surface area contributed by atoms with Gasteiger partial charge in [-0.3, -0.25) is 9.59 Å². The first kappa shape index (κ1) is 28.1. The first-order chi connectivity index (χ1) is 18.7. The largest absolute Gasteiger partial charge is 0.495 e. The van der Waals surface area contributed by atoms with Crippen LogP contribution in [0, 0.1) is 5.92 Å². The summed E-state index contributed by atoms with van der Waals surface area (Å²) < 4.78 is 13.0. The molecule has 3 aromatic rings. The molecule has 0 spiro atoms. The Morgan fingerprint density at radius 3 is 2.64 bits per heavy atom. The van der Waals surface area contributed by atoms with E-state index in [0.717, 1.165) is 25.9 Å². The average Bonchev–Trinajstić information content (AvgIpc) is 2.92. The van der Waals surface area contributed by atoms with Gasteiger partial charge in [0.15, 0.2) is 5.75 Å². The van der Waals surface area contributed by atoms with E-state index in [0.29, 0.717) is 46.2 Å². The summed E-state index contributed by atoms with van der Waals surface area (Å²) in [6.07, 6.45) is 7.16. The number of likely N-dealkylation sites (tertiary alicyclic amines) is 1. The number of ether oxygens (including phenoxy) is 2. The fourth-order valence-corrected chi connectivity index (χ4v) is 4.55. The molecule has 39 heavy (non-hydrogen) atoms. The van der Waals surface area contributed by atoms with Crippen LogP contribution in [0.2, 0.25) is 0 Å². The first-order valence-electron chi connectivity index (χ1n) is 13.3. The molecule has 1 aromatic carbocycles. The maximum Gasteiger partial charge on any atom is 0.293 e. The third-order valence-corrected chi connectivity index (χ3v) is 6.79. The molecule has 208 valence electrons. The van der Waals surface area contributed by atoms with Crippen molar-refractivity contribution in [2.75, 3.05) is 39.2 Å². The van der Waals surface area contributed by atoms with Gasteiger partial charge in [-0.1, -0.05) is 26.0 Å². The number of amides is 1. The fraction of sp³-hybridized carbons (Fsp3) is 0.448. The van der Waals surface area contributed by atoms with Crippen LogP contribution in [-0.2, 0) is 7.05 Å². The molecule has 1 aliphatic rings. The molecular formula is C29H38N6O4. The van der Waals surface area contributed by atoms with Crippen molar-refractivity contribution >= 4 is 34.7 Å². The van der Waals surface area contributed by atoms with Crippen LogP contribution in [0.25, 0.3) is 17.1 Å². The number of aryl methyl sites for hydroxylation is 1. The lowest BCUT2D eigenvalue weighted by atomic mass is 10.0. The number of benzene rings is 1. The van der Waals surface area contributed by atoms with E-state index in [1.807, 2.05) is 32.9 Å². The van der Waals surface area contributed by atoms with Crippen molar-refractivity contribution in [1.29, 1.82) is 0 Å². The minimum absolute atomic E-state index is 0.123. The van der Waals surface area contributed by atoms with Gasteiger partial charge in [0.1, 0.15) is 11.3 Å². The van der Waals surface area contributed by atoms with E-state index < -0.39 is 0 Å². The van der Waals surface area contributed by atoms with E-state index in [1.165, 1.54) is 4.57 Å². The standard InChI is InChI=1S/C29H38N6O4/c1-7-8-21-25-23(35(5)28(37)26(21)39-17-18(2)3)16-30-29(33-25)32-22-10-9-19(15-24(22)38-6)27(36)31-20-11-13-34(4)14-12-20/h7-10,15-16,18,20H,11-14,17H2,1-6H3,(H,31,36)(H,30,32,33). The molecule has 0 atom stereocenters. The van der Waals surface area contributed by atoms with Gasteiger partial charge in [0.25, 0.3) is 11.5 Å². The second kappa shape index (κ2) is 12.3. The van der Waals surface area contributed by atoms with Gasteiger partial charge in [0, 0.05) is 18.7 Å². The summed E-state index contributed by atoms with van der Waals surface area (Å²) in [7, 11) is 5.33. The van der Waals surface area contributed by atoms with Crippen LogP contribution in [0.3, 0.4) is 0 Å². The number of aromatic nitrogens is 3. The third kappa shape index (κ3) is 6.39. The normalized spacial score (nSPS) is 14.7. The van der Waals surface area contributed by atoms with Crippen molar-refractivity contribution in [2.45, 2.75) is 39.7 Å². The number of allylic oxidation sites excluding steroid dienone is 1. The fourth-order valence-electron chi connectivity index (χ4n) is 4.55. The van der Waals surface area contributed by atoms with Gasteiger partial charge < -0.3 is 29.6 Å². The van der Waals surface area contributed by atoms with Gasteiger partial charge in [-0.25, -0.2) is 9.97 Å². The number of nitrogens with zero attached hydrogens (tertiary/aromatic N) is 4.